The predicted molar refractivity (Wildman–Crippen MR) is 82.9 cm³/mol. The van der Waals surface area contributed by atoms with Gasteiger partial charge in [0.05, 0.1) is 21.7 Å². The van der Waals surface area contributed by atoms with Gasteiger partial charge in [0.15, 0.2) is 4.80 Å². The number of non-ortho nitro benzene ring substituents is 1. The number of aromatic nitrogens is 1. The van der Waals surface area contributed by atoms with Crippen molar-refractivity contribution in [2.75, 3.05) is 0 Å². The van der Waals surface area contributed by atoms with Gasteiger partial charge in [-0.3, -0.25) is 15.5 Å². The number of hydrogen-bond donors (Lipinski definition) is 1. The number of thiazole rings is 1. The summed E-state index contributed by atoms with van der Waals surface area (Å²) in [4.78, 5) is 10.6. The van der Waals surface area contributed by atoms with Gasteiger partial charge >= 0.3 is 0 Å². The highest BCUT2D eigenvalue weighted by molar-refractivity contribution is 7.16. The van der Waals surface area contributed by atoms with Crippen LogP contribution in [0.4, 0.5) is 5.69 Å². The molecule has 0 bridgehead atoms. The second-order valence-corrected chi connectivity index (χ2v) is 6.00. The molecule has 21 heavy (non-hydrogen) atoms. The van der Waals surface area contributed by atoms with Crippen LogP contribution in [-0.2, 0) is 6.54 Å². The van der Waals surface area contributed by atoms with Crippen molar-refractivity contribution >= 4 is 38.8 Å². The number of halogens is 1. The summed E-state index contributed by atoms with van der Waals surface area (Å²) in [6.07, 6.45) is 0. The third-order valence-corrected chi connectivity index (χ3v) is 4.35. The van der Waals surface area contributed by atoms with Gasteiger partial charge in [-0.2, -0.15) is 0 Å². The van der Waals surface area contributed by atoms with Crippen LogP contribution in [-0.4, -0.2) is 9.49 Å². The highest BCUT2D eigenvalue weighted by Gasteiger charge is 2.08. The average Bonchev–Trinajstić information content (AvgIpc) is 2.75. The van der Waals surface area contributed by atoms with Crippen LogP contribution in [0.5, 0.6) is 0 Å². The second-order valence-electron chi connectivity index (χ2n) is 4.53. The summed E-state index contributed by atoms with van der Waals surface area (Å²) in [6, 6.07) is 11.9. The van der Waals surface area contributed by atoms with Gasteiger partial charge in [-0.15, -0.1) is 0 Å². The number of benzene rings is 2. The van der Waals surface area contributed by atoms with Crippen LogP contribution in [0.1, 0.15) is 5.56 Å². The summed E-state index contributed by atoms with van der Waals surface area (Å²) in [5.74, 6) is 0. The van der Waals surface area contributed by atoms with Gasteiger partial charge in [0.1, 0.15) is 0 Å². The number of nitro groups is 1. The standard InChI is InChI=1S/C14H10ClN3O2S/c15-10-3-6-12-13(7-10)21-14(16)17(12)8-9-1-4-11(5-2-9)18(19)20/h1-7,16H,8H2. The SMILES string of the molecule is N=c1sc2cc(Cl)ccc2n1Cc1ccc([N+](=O)[O-])cc1. The normalized spacial score (nSPS) is 10.9. The van der Waals surface area contributed by atoms with Crippen LogP contribution in [0.25, 0.3) is 10.2 Å². The van der Waals surface area contributed by atoms with E-state index < -0.39 is 4.92 Å². The van der Waals surface area contributed by atoms with Gasteiger partial charge in [0, 0.05) is 17.2 Å². The lowest BCUT2D eigenvalue weighted by molar-refractivity contribution is -0.384. The van der Waals surface area contributed by atoms with E-state index in [0.717, 1.165) is 15.8 Å². The summed E-state index contributed by atoms with van der Waals surface area (Å²) in [7, 11) is 0. The fraction of sp³-hybridized carbons (Fsp3) is 0.0714. The van der Waals surface area contributed by atoms with E-state index in [1.807, 2.05) is 16.7 Å². The highest BCUT2D eigenvalue weighted by Crippen LogP contribution is 2.22. The van der Waals surface area contributed by atoms with Gasteiger partial charge in [0.2, 0.25) is 0 Å². The van der Waals surface area contributed by atoms with Crippen LogP contribution in [0.3, 0.4) is 0 Å². The summed E-state index contributed by atoms with van der Waals surface area (Å²) in [6.45, 7) is 0.498. The summed E-state index contributed by atoms with van der Waals surface area (Å²) >= 11 is 7.32. The maximum Gasteiger partial charge on any atom is 0.269 e. The number of fused-ring (bicyclic) bond motifs is 1. The molecule has 2 aromatic carbocycles. The summed E-state index contributed by atoms with van der Waals surface area (Å²) < 4.78 is 2.81. The van der Waals surface area contributed by atoms with Crippen molar-refractivity contribution in [3.05, 3.63) is 68.0 Å². The van der Waals surface area contributed by atoms with Crippen LogP contribution < -0.4 is 4.80 Å². The van der Waals surface area contributed by atoms with Crippen molar-refractivity contribution < 1.29 is 4.92 Å². The Morgan fingerprint density at radius 1 is 1.24 bits per heavy atom. The molecule has 0 radical (unpaired) electrons. The molecule has 1 heterocycles. The molecular formula is C14H10ClN3O2S. The molecule has 0 fully saturated rings. The van der Waals surface area contributed by atoms with Crippen molar-refractivity contribution in [1.82, 2.24) is 4.57 Å². The zero-order valence-electron chi connectivity index (χ0n) is 10.7. The van der Waals surface area contributed by atoms with Gasteiger partial charge in [-0.05, 0) is 23.8 Å². The maximum absolute atomic E-state index is 10.6. The first-order valence-corrected chi connectivity index (χ1v) is 7.31. The molecule has 5 nitrogen and oxygen atoms in total. The van der Waals surface area contributed by atoms with Gasteiger partial charge < -0.3 is 4.57 Å². The van der Waals surface area contributed by atoms with E-state index in [2.05, 4.69) is 0 Å². The molecule has 0 aliphatic carbocycles. The van der Waals surface area contributed by atoms with Crippen LogP contribution in [0.2, 0.25) is 5.02 Å². The van der Waals surface area contributed by atoms with Gasteiger partial charge in [-0.25, -0.2) is 0 Å². The van der Waals surface area contributed by atoms with Gasteiger partial charge in [0.25, 0.3) is 5.69 Å². The third kappa shape index (κ3) is 2.68. The lowest BCUT2D eigenvalue weighted by Gasteiger charge is -2.05. The maximum atomic E-state index is 10.6. The Bertz CT molecular complexity index is 883. The van der Waals surface area contributed by atoms with Crippen molar-refractivity contribution in [2.45, 2.75) is 6.54 Å². The molecule has 0 atom stereocenters. The quantitative estimate of drug-likeness (QED) is 0.589. The monoisotopic (exact) mass is 319 g/mol. The van der Waals surface area contributed by atoms with Crippen molar-refractivity contribution in [2.24, 2.45) is 0 Å². The molecular weight excluding hydrogens is 310 g/mol. The lowest BCUT2D eigenvalue weighted by Crippen LogP contribution is -2.13. The first kappa shape index (κ1) is 13.8. The Labute approximate surface area is 128 Å². The van der Waals surface area contributed by atoms with E-state index in [-0.39, 0.29) is 5.69 Å². The molecule has 1 N–H and O–H groups in total. The van der Waals surface area contributed by atoms with E-state index in [1.54, 1.807) is 18.2 Å². The molecule has 0 aliphatic heterocycles. The zero-order valence-corrected chi connectivity index (χ0v) is 12.3. The minimum Gasteiger partial charge on any atom is -0.312 e. The van der Waals surface area contributed by atoms with E-state index in [9.17, 15) is 10.1 Å². The Morgan fingerprint density at radius 2 is 1.95 bits per heavy atom. The number of nitrogens with zero attached hydrogens (tertiary/aromatic N) is 2. The van der Waals surface area contributed by atoms with Crippen molar-refractivity contribution in [3.63, 3.8) is 0 Å². The van der Waals surface area contributed by atoms with E-state index in [1.165, 1.54) is 23.5 Å². The summed E-state index contributed by atoms with van der Waals surface area (Å²) in [5.41, 5.74) is 1.92. The molecule has 3 rings (SSSR count). The number of nitro benzene ring substituents is 1. The van der Waals surface area contributed by atoms with Gasteiger partial charge in [-0.1, -0.05) is 35.1 Å². The Morgan fingerprint density at radius 3 is 2.62 bits per heavy atom. The molecule has 3 aromatic rings. The topological polar surface area (TPSA) is 71.9 Å². The molecule has 0 unspecified atom stereocenters. The Kier molecular flexibility index (Phi) is 3.48. The zero-order chi connectivity index (χ0) is 15.0. The Balaban J connectivity index is 1.99. The summed E-state index contributed by atoms with van der Waals surface area (Å²) in [5, 5.41) is 19.4. The minimum atomic E-state index is -0.422. The lowest BCUT2D eigenvalue weighted by atomic mass is 10.2. The molecule has 0 aliphatic rings. The fourth-order valence-corrected chi connectivity index (χ4v) is 3.31. The third-order valence-electron chi connectivity index (χ3n) is 3.15. The Hall–Kier alpha value is -2.18. The minimum absolute atomic E-state index is 0.0665. The molecule has 0 saturated heterocycles. The molecule has 0 saturated carbocycles. The van der Waals surface area contributed by atoms with Crippen molar-refractivity contribution in [1.29, 1.82) is 5.41 Å². The molecule has 0 spiro atoms. The van der Waals surface area contributed by atoms with E-state index in [0.29, 0.717) is 16.4 Å². The molecule has 106 valence electrons. The number of nitrogens with one attached hydrogen (secondary N) is 1. The first-order chi connectivity index (χ1) is 10.0. The second kappa shape index (κ2) is 5.31. The molecule has 0 amide bonds. The largest absolute Gasteiger partial charge is 0.312 e. The first-order valence-electron chi connectivity index (χ1n) is 6.11. The highest BCUT2D eigenvalue weighted by atomic mass is 35.5. The predicted octanol–water partition coefficient (Wildman–Crippen LogP) is 3.79. The van der Waals surface area contributed by atoms with Crippen molar-refractivity contribution in [3.8, 4) is 0 Å². The smallest absolute Gasteiger partial charge is 0.269 e. The van der Waals surface area contributed by atoms with Crippen LogP contribution >= 0.6 is 22.9 Å². The molecule has 7 heteroatoms. The fourth-order valence-electron chi connectivity index (χ4n) is 2.12. The van der Waals surface area contributed by atoms with E-state index >= 15 is 0 Å². The average molecular weight is 320 g/mol. The van der Waals surface area contributed by atoms with E-state index in [4.69, 9.17) is 17.0 Å². The van der Waals surface area contributed by atoms with Crippen LogP contribution in [0, 0.1) is 15.5 Å². The van der Waals surface area contributed by atoms with Crippen LogP contribution in [0.15, 0.2) is 42.5 Å². The number of hydrogen-bond acceptors (Lipinski definition) is 4. The molecule has 1 aromatic heterocycles. The number of rotatable bonds is 3.